The molecule has 0 unspecified atom stereocenters. The van der Waals surface area contributed by atoms with Gasteiger partial charge in [-0.25, -0.2) is 0 Å². The number of nitrogens with zero attached hydrogens (tertiary/aromatic N) is 7. The van der Waals surface area contributed by atoms with Gasteiger partial charge in [0.1, 0.15) is 40.8 Å². The molecule has 0 bridgehead atoms. The molecule has 5 heterocycles. The number of esters is 1. The monoisotopic (exact) mass is 1090 g/mol. The summed E-state index contributed by atoms with van der Waals surface area (Å²) in [5.74, 6) is -1.62. The number of nitrogens with two attached hydrogens (primary N) is 1. The molecule has 7 N–H and O–H groups in total. The van der Waals surface area contributed by atoms with Crippen LogP contribution in [0.25, 0.3) is 10.6 Å². The topological polar surface area (TPSA) is 272 Å². The largest absolute Gasteiger partial charge is 0.494 e. The van der Waals surface area contributed by atoms with Crippen LogP contribution in [-0.2, 0) is 46.2 Å². The highest BCUT2D eigenvalue weighted by atomic mass is 32.1. The minimum Gasteiger partial charge on any atom is -0.494 e. The molecule has 18 atom stereocenters. The number of methoxy groups -OCH3 is 1. The number of carbonyl (C=O) groups is 1. The second-order valence-corrected chi connectivity index (χ2v) is 23.6. The van der Waals surface area contributed by atoms with E-state index in [0.29, 0.717) is 58.3 Å². The molecule has 0 aliphatic carbocycles. The van der Waals surface area contributed by atoms with E-state index in [9.17, 15) is 30.3 Å². The summed E-state index contributed by atoms with van der Waals surface area (Å²) in [6, 6.07) is 6.67. The van der Waals surface area contributed by atoms with Crippen molar-refractivity contribution in [3.05, 3.63) is 36.2 Å². The van der Waals surface area contributed by atoms with Gasteiger partial charge in [0, 0.05) is 75.8 Å². The highest BCUT2D eigenvalue weighted by Gasteiger charge is 2.52. The molecular formula is C54H90N8O13S. The molecule has 1 aromatic carbocycles. The van der Waals surface area contributed by atoms with Gasteiger partial charge in [-0.3, -0.25) is 9.48 Å². The van der Waals surface area contributed by atoms with Crippen LogP contribution in [0.3, 0.4) is 0 Å². The van der Waals surface area contributed by atoms with Crippen molar-refractivity contribution in [2.45, 2.75) is 211 Å². The van der Waals surface area contributed by atoms with Gasteiger partial charge in [-0.1, -0.05) is 32.4 Å². The quantitative estimate of drug-likeness (QED) is 0.0773. The van der Waals surface area contributed by atoms with E-state index >= 15 is 0 Å². The van der Waals surface area contributed by atoms with E-state index in [4.69, 9.17) is 38.9 Å². The van der Waals surface area contributed by atoms with Crippen molar-refractivity contribution in [1.29, 1.82) is 0 Å². The van der Waals surface area contributed by atoms with Crippen LogP contribution in [0.4, 0.5) is 5.95 Å². The summed E-state index contributed by atoms with van der Waals surface area (Å²) < 4.78 is 50.3. The van der Waals surface area contributed by atoms with Gasteiger partial charge in [0.2, 0.25) is 5.95 Å². The molecule has 3 aliphatic heterocycles. The number of cyclic esters (lactones) is 1. The summed E-state index contributed by atoms with van der Waals surface area (Å²) in [4.78, 5) is 22.8. The van der Waals surface area contributed by atoms with Crippen LogP contribution >= 0.6 is 11.5 Å². The first-order valence-electron chi connectivity index (χ1n) is 27.2. The molecule has 76 heavy (non-hydrogen) atoms. The maximum absolute atomic E-state index is 14.6. The van der Waals surface area contributed by atoms with Gasteiger partial charge in [0.15, 0.2) is 6.29 Å². The average Bonchev–Trinajstić information content (AvgIpc) is 4.03. The predicted octanol–water partition coefficient (Wildman–Crippen LogP) is 4.11. The van der Waals surface area contributed by atoms with E-state index in [0.717, 1.165) is 22.0 Å². The second-order valence-electron chi connectivity index (χ2n) is 22.9. The fraction of sp³-hybridized carbons (Fsp3) is 0.796. The van der Waals surface area contributed by atoms with Crippen molar-refractivity contribution in [3.63, 3.8) is 0 Å². The fourth-order valence-corrected chi connectivity index (χ4v) is 12.2. The molecule has 21 nitrogen and oxygen atoms in total. The first-order valence-corrected chi connectivity index (χ1v) is 28.0. The molecule has 430 valence electrons. The lowest BCUT2D eigenvalue weighted by Crippen LogP contribution is -2.60. The highest BCUT2D eigenvalue weighted by Crippen LogP contribution is 2.39. The number of hydrogen-bond donors (Lipinski definition) is 6. The molecule has 0 saturated carbocycles. The molecule has 2 aromatic heterocycles. The Bertz CT molecular complexity index is 2260. The van der Waals surface area contributed by atoms with Crippen LogP contribution in [0.2, 0.25) is 0 Å². The second kappa shape index (κ2) is 26.6. The molecule has 0 amide bonds. The zero-order valence-electron chi connectivity index (χ0n) is 47.2. The normalized spacial score (nSPS) is 37.6. The summed E-state index contributed by atoms with van der Waals surface area (Å²) in [5, 5.41) is 69.5. The molecule has 22 heteroatoms. The third-order valence-corrected chi connectivity index (χ3v) is 17.0. The van der Waals surface area contributed by atoms with Crippen LogP contribution in [0.5, 0.6) is 5.75 Å². The van der Waals surface area contributed by atoms with E-state index in [2.05, 4.69) is 24.6 Å². The Kier molecular flexibility index (Phi) is 21.6. The Morgan fingerprint density at radius 1 is 1.00 bits per heavy atom. The van der Waals surface area contributed by atoms with Crippen LogP contribution in [0, 0.1) is 17.8 Å². The SMILES string of the molecule is CCC[C@H]1OC(=O)[C@H](C)[C@@H](OC[C@H]2C[C@@](C)(OC)[C@@H](O)[C@H](C)O2)[C@H](C)[C@@H](O[C@@H]2O[C@H](C)C[C@H](N(C)CCc3cn(CCCOc4ccc(-c5nc(N)ns5)cc4)nn3)[C@H]2O)[C@](C)(O)C[C@@H](C)CN(C)[C@H](C)[C@@H](O)[C@]1(C)O. The van der Waals surface area contributed by atoms with E-state index in [1.807, 2.05) is 91.0 Å². The molecule has 0 radical (unpaired) electrons. The number of likely N-dealkylation sites (N-methyl/N-ethyl adjacent to an activating group) is 2. The van der Waals surface area contributed by atoms with Crippen LogP contribution in [0.1, 0.15) is 113 Å². The molecule has 0 spiro atoms. The van der Waals surface area contributed by atoms with Crippen molar-refractivity contribution >= 4 is 23.5 Å². The Labute approximate surface area is 453 Å². The zero-order chi connectivity index (χ0) is 55.9. The Balaban J connectivity index is 1.18. The van der Waals surface area contributed by atoms with Crippen molar-refractivity contribution in [1.82, 2.24) is 34.2 Å². The molecule has 3 aliphatic rings. The Morgan fingerprint density at radius 3 is 2.37 bits per heavy atom. The van der Waals surface area contributed by atoms with Crippen LogP contribution in [0.15, 0.2) is 30.5 Å². The maximum atomic E-state index is 14.6. The summed E-state index contributed by atoms with van der Waals surface area (Å²) in [6.07, 6.45) is -4.15. The lowest BCUT2D eigenvalue weighted by Gasteiger charge is -2.48. The van der Waals surface area contributed by atoms with Crippen molar-refractivity contribution in [2.75, 3.05) is 53.2 Å². The van der Waals surface area contributed by atoms with Gasteiger partial charge in [0.05, 0.1) is 66.5 Å². The summed E-state index contributed by atoms with van der Waals surface area (Å²) >= 11 is 1.25. The van der Waals surface area contributed by atoms with Crippen molar-refractivity contribution in [3.8, 4) is 16.3 Å². The zero-order valence-corrected chi connectivity index (χ0v) is 48.0. The number of ether oxygens (including phenoxy) is 7. The number of nitrogen functional groups attached to an aromatic ring is 1. The lowest BCUT2D eigenvalue weighted by atomic mass is 9.77. The van der Waals surface area contributed by atoms with E-state index in [1.165, 1.54) is 18.5 Å². The molecule has 3 aromatic rings. The first kappa shape index (κ1) is 61.7. The standard InChI is InChI=1S/C54H90N8O13S/c1-14-16-42-54(10,68)45(64)35(6)61(12)28-31(2)26-52(8,67)47(33(4)44(34(5)49(66)74-42)71-30-40-27-53(9,69-13)46(65)36(7)73-40)75-50-43(63)41(25-32(3)72-50)60(11)23-21-38-29-62(59-57-38)22-15-24-70-39-19-17-37(18-20-39)48-56-51(55)58-76-48/h17-20,29,31-36,40-47,50,63-65,67-68H,14-16,21-28,30H2,1-13H3,(H2,55,58)/t31-,32-,33+,34-,35-,36+,40-,41+,42-,43-,44+,45-,46+,47-,50+,52-,53-,54-/m1/s1. The predicted molar refractivity (Wildman–Crippen MR) is 286 cm³/mol. The van der Waals surface area contributed by atoms with Crippen molar-refractivity contribution < 1.29 is 63.5 Å². The van der Waals surface area contributed by atoms with Gasteiger partial charge in [0.25, 0.3) is 0 Å². The maximum Gasteiger partial charge on any atom is 0.311 e. The van der Waals surface area contributed by atoms with Crippen LogP contribution in [-0.4, -0.2) is 203 Å². The van der Waals surface area contributed by atoms with E-state index in [-0.39, 0.29) is 37.4 Å². The van der Waals surface area contributed by atoms with E-state index < -0.39 is 102 Å². The smallest absolute Gasteiger partial charge is 0.311 e. The number of carbonyl (C=O) groups excluding carboxylic acids is 1. The average molecular weight is 1090 g/mol. The molecular weight excluding hydrogens is 1000 g/mol. The number of aliphatic hydroxyl groups is 5. The number of hydrogen-bond acceptors (Lipinski definition) is 21. The minimum atomic E-state index is -1.82. The minimum absolute atomic E-state index is 0.0145. The number of anilines is 1. The van der Waals surface area contributed by atoms with Gasteiger partial charge < -0.3 is 74.2 Å². The molecule has 6 rings (SSSR count). The fourth-order valence-electron chi connectivity index (χ4n) is 11.6. The summed E-state index contributed by atoms with van der Waals surface area (Å²) in [7, 11) is 5.34. The third kappa shape index (κ3) is 15.2. The number of aliphatic hydroxyl groups excluding tert-OH is 3. The van der Waals surface area contributed by atoms with E-state index in [1.54, 1.807) is 32.6 Å². The molecule has 3 fully saturated rings. The third-order valence-electron chi connectivity index (χ3n) is 16.2. The van der Waals surface area contributed by atoms with Crippen molar-refractivity contribution in [2.24, 2.45) is 17.8 Å². The molecule has 3 saturated heterocycles. The number of aromatic nitrogens is 5. The number of aryl methyl sites for hydroxylation is 1. The summed E-state index contributed by atoms with van der Waals surface area (Å²) in [5.41, 5.74) is 3.03. The first-order chi connectivity index (χ1) is 35.8. The highest BCUT2D eigenvalue weighted by molar-refractivity contribution is 7.09. The number of benzene rings is 1. The van der Waals surface area contributed by atoms with Gasteiger partial charge in [-0.2, -0.15) is 9.36 Å². The lowest BCUT2D eigenvalue weighted by molar-refractivity contribution is -0.301. The Hall–Kier alpha value is -3.49. The van der Waals surface area contributed by atoms with Crippen LogP contribution < -0.4 is 10.5 Å². The van der Waals surface area contributed by atoms with Gasteiger partial charge in [-0.15, -0.1) is 5.10 Å². The summed E-state index contributed by atoms with van der Waals surface area (Å²) in [6.45, 7) is 20.0. The number of rotatable bonds is 18. The Morgan fingerprint density at radius 2 is 1.71 bits per heavy atom. The van der Waals surface area contributed by atoms with Gasteiger partial charge in [-0.05, 0) is 124 Å². The van der Waals surface area contributed by atoms with Gasteiger partial charge >= 0.3 is 5.97 Å².